The first kappa shape index (κ1) is 13.2. The quantitative estimate of drug-likeness (QED) is 0.926. The Labute approximate surface area is 115 Å². The summed E-state index contributed by atoms with van der Waals surface area (Å²) in [4.78, 5) is 0. The van der Waals surface area contributed by atoms with Crippen LogP contribution < -0.4 is 10.5 Å². The van der Waals surface area contributed by atoms with Crippen LogP contribution in [0.4, 0.5) is 0 Å². The molecule has 4 heteroatoms. The third kappa shape index (κ3) is 4.19. The lowest BCUT2D eigenvalue weighted by atomic mass is 9.95. The lowest BCUT2D eigenvalue weighted by Gasteiger charge is -2.27. The van der Waals surface area contributed by atoms with Gasteiger partial charge in [-0.25, -0.2) is 0 Å². The first-order valence-corrected chi connectivity index (χ1v) is 7.92. The highest BCUT2D eigenvalue weighted by atomic mass is 79.9. The number of hydrogen-bond acceptors (Lipinski definition) is 3. The van der Waals surface area contributed by atoms with E-state index in [1.54, 1.807) is 0 Å². The predicted molar refractivity (Wildman–Crippen MR) is 77.7 cm³/mol. The lowest BCUT2D eigenvalue weighted by molar-refractivity contribution is 0.238. The van der Waals surface area contributed by atoms with Gasteiger partial charge >= 0.3 is 0 Å². The van der Waals surface area contributed by atoms with Crippen LogP contribution in [-0.2, 0) is 0 Å². The van der Waals surface area contributed by atoms with Crippen LogP contribution in [0.2, 0.25) is 0 Å². The lowest BCUT2D eigenvalue weighted by Crippen LogP contribution is -2.37. The standard InChI is InChI=1S/C13H18BrNOS/c14-11-2-1-3-12(8-11)16-9-13(15)10-4-6-17-7-5-10/h1-3,8,10,13H,4-7,9,15H2. The molecule has 1 aromatic carbocycles. The molecule has 1 aliphatic heterocycles. The van der Waals surface area contributed by atoms with Gasteiger partial charge in [-0.05, 0) is 48.5 Å². The van der Waals surface area contributed by atoms with Gasteiger partial charge in [-0.2, -0.15) is 11.8 Å². The smallest absolute Gasteiger partial charge is 0.120 e. The van der Waals surface area contributed by atoms with Gasteiger partial charge in [-0.1, -0.05) is 22.0 Å². The van der Waals surface area contributed by atoms with Crippen molar-refractivity contribution in [2.75, 3.05) is 18.1 Å². The molecule has 0 aliphatic carbocycles. The van der Waals surface area contributed by atoms with E-state index >= 15 is 0 Å². The average Bonchev–Trinajstić information content (AvgIpc) is 2.37. The molecule has 0 amide bonds. The molecule has 1 unspecified atom stereocenters. The molecule has 2 rings (SSSR count). The predicted octanol–water partition coefficient (Wildman–Crippen LogP) is 3.30. The largest absolute Gasteiger partial charge is 0.492 e. The van der Waals surface area contributed by atoms with Gasteiger partial charge in [-0.3, -0.25) is 0 Å². The van der Waals surface area contributed by atoms with Gasteiger partial charge in [-0.15, -0.1) is 0 Å². The van der Waals surface area contributed by atoms with E-state index < -0.39 is 0 Å². The monoisotopic (exact) mass is 315 g/mol. The Morgan fingerprint density at radius 3 is 2.88 bits per heavy atom. The topological polar surface area (TPSA) is 35.2 Å². The van der Waals surface area contributed by atoms with Gasteiger partial charge in [0.15, 0.2) is 0 Å². The van der Waals surface area contributed by atoms with Crippen LogP contribution in [0.1, 0.15) is 12.8 Å². The van der Waals surface area contributed by atoms with E-state index in [4.69, 9.17) is 10.5 Å². The first-order chi connectivity index (χ1) is 8.25. The van der Waals surface area contributed by atoms with E-state index in [0.29, 0.717) is 12.5 Å². The zero-order chi connectivity index (χ0) is 12.1. The summed E-state index contributed by atoms with van der Waals surface area (Å²) in [7, 11) is 0. The van der Waals surface area contributed by atoms with Gasteiger partial charge in [0, 0.05) is 10.5 Å². The molecule has 0 radical (unpaired) electrons. The van der Waals surface area contributed by atoms with Crippen molar-refractivity contribution in [3.8, 4) is 5.75 Å². The Morgan fingerprint density at radius 2 is 2.18 bits per heavy atom. The first-order valence-electron chi connectivity index (χ1n) is 5.97. The maximum Gasteiger partial charge on any atom is 0.120 e. The van der Waals surface area contributed by atoms with Gasteiger partial charge in [0.2, 0.25) is 0 Å². The highest BCUT2D eigenvalue weighted by Crippen LogP contribution is 2.25. The van der Waals surface area contributed by atoms with Crippen LogP contribution >= 0.6 is 27.7 Å². The molecule has 1 aliphatic rings. The summed E-state index contributed by atoms with van der Waals surface area (Å²) in [6, 6.07) is 8.07. The average molecular weight is 316 g/mol. The van der Waals surface area contributed by atoms with Crippen molar-refractivity contribution in [1.82, 2.24) is 0 Å². The molecule has 0 spiro atoms. The minimum Gasteiger partial charge on any atom is -0.492 e. The van der Waals surface area contributed by atoms with Crippen molar-refractivity contribution in [3.63, 3.8) is 0 Å². The van der Waals surface area contributed by atoms with Crippen molar-refractivity contribution in [2.24, 2.45) is 11.7 Å². The Bertz CT molecular complexity index is 355. The van der Waals surface area contributed by atoms with Crippen molar-refractivity contribution in [3.05, 3.63) is 28.7 Å². The van der Waals surface area contributed by atoms with Crippen LogP contribution in [0.3, 0.4) is 0 Å². The summed E-state index contributed by atoms with van der Waals surface area (Å²) in [5.74, 6) is 4.01. The van der Waals surface area contributed by atoms with E-state index in [1.165, 1.54) is 24.3 Å². The molecule has 2 nitrogen and oxygen atoms in total. The van der Waals surface area contributed by atoms with Gasteiger partial charge in [0.05, 0.1) is 0 Å². The number of rotatable bonds is 4. The van der Waals surface area contributed by atoms with Gasteiger partial charge < -0.3 is 10.5 Å². The van der Waals surface area contributed by atoms with Crippen LogP contribution in [0, 0.1) is 5.92 Å². The molecule has 1 atom stereocenters. The molecular weight excluding hydrogens is 298 g/mol. The molecule has 2 N–H and O–H groups in total. The molecule has 94 valence electrons. The molecule has 1 saturated heterocycles. The van der Waals surface area contributed by atoms with E-state index in [0.717, 1.165) is 10.2 Å². The summed E-state index contributed by atoms with van der Waals surface area (Å²) >= 11 is 5.46. The zero-order valence-corrected chi connectivity index (χ0v) is 12.2. The number of nitrogens with two attached hydrogens (primary N) is 1. The summed E-state index contributed by atoms with van der Waals surface area (Å²) in [5.41, 5.74) is 6.19. The second-order valence-electron chi connectivity index (χ2n) is 4.38. The fourth-order valence-corrected chi connectivity index (χ4v) is 3.55. The van der Waals surface area contributed by atoms with Crippen LogP contribution in [0.25, 0.3) is 0 Å². The maximum atomic E-state index is 6.19. The molecule has 1 aromatic rings. The SMILES string of the molecule is NC(COc1cccc(Br)c1)C1CCSCC1. The Hall–Kier alpha value is -0.190. The number of ether oxygens (including phenoxy) is 1. The summed E-state index contributed by atoms with van der Waals surface area (Å²) < 4.78 is 6.78. The van der Waals surface area contributed by atoms with Crippen molar-refractivity contribution < 1.29 is 4.74 Å². The normalized spacial score (nSPS) is 18.9. The van der Waals surface area contributed by atoms with E-state index in [2.05, 4.69) is 15.9 Å². The van der Waals surface area contributed by atoms with E-state index in [1.807, 2.05) is 36.0 Å². The van der Waals surface area contributed by atoms with E-state index in [9.17, 15) is 0 Å². The Morgan fingerprint density at radius 1 is 1.41 bits per heavy atom. The van der Waals surface area contributed by atoms with Crippen LogP contribution in [-0.4, -0.2) is 24.2 Å². The third-order valence-corrected chi connectivity index (χ3v) is 4.65. The molecule has 0 saturated carbocycles. The summed E-state index contributed by atoms with van der Waals surface area (Å²) in [6.45, 7) is 0.617. The maximum absolute atomic E-state index is 6.19. The van der Waals surface area contributed by atoms with Crippen molar-refractivity contribution in [1.29, 1.82) is 0 Å². The molecule has 1 fully saturated rings. The highest BCUT2D eigenvalue weighted by Gasteiger charge is 2.21. The fourth-order valence-electron chi connectivity index (χ4n) is 2.03. The van der Waals surface area contributed by atoms with Gasteiger partial charge in [0.25, 0.3) is 0 Å². The Kier molecular flexibility index (Phi) is 5.19. The number of benzene rings is 1. The molecule has 1 heterocycles. The minimum absolute atomic E-state index is 0.162. The highest BCUT2D eigenvalue weighted by molar-refractivity contribution is 9.10. The fraction of sp³-hybridized carbons (Fsp3) is 0.538. The van der Waals surface area contributed by atoms with Crippen LogP contribution in [0.5, 0.6) is 5.75 Å². The van der Waals surface area contributed by atoms with Crippen molar-refractivity contribution in [2.45, 2.75) is 18.9 Å². The zero-order valence-electron chi connectivity index (χ0n) is 9.77. The minimum atomic E-state index is 0.162. The van der Waals surface area contributed by atoms with Gasteiger partial charge in [0.1, 0.15) is 12.4 Å². The molecule has 17 heavy (non-hydrogen) atoms. The summed E-state index contributed by atoms with van der Waals surface area (Å²) in [5, 5.41) is 0. The second-order valence-corrected chi connectivity index (χ2v) is 6.52. The van der Waals surface area contributed by atoms with Crippen molar-refractivity contribution >= 4 is 27.7 Å². The second kappa shape index (κ2) is 6.66. The van der Waals surface area contributed by atoms with E-state index in [-0.39, 0.29) is 6.04 Å². The molecule has 0 aromatic heterocycles. The molecule has 0 bridgehead atoms. The van der Waals surface area contributed by atoms with Crippen LogP contribution in [0.15, 0.2) is 28.7 Å². The molecular formula is C13H18BrNOS. The number of thioether (sulfide) groups is 1. The number of hydrogen-bond donors (Lipinski definition) is 1. The Balaban J connectivity index is 1.80. The third-order valence-electron chi connectivity index (χ3n) is 3.11. The number of halogens is 1. The summed E-state index contributed by atoms with van der Waals surface area (Å²) in [6.07, 6.45) is 2.46.